The molecule has 1 amide bonds. The maximum atomic E-state index is 12.3. The second-order valence-corrected chi connectivity index (χ2v) is 10.0. The van der Waals surface area contributed by atoms with Gasteiger partial charge in [0.1, 0.15) is 6.10 Å². The van der Waals surface area contributed by atoms with E-state index in [1.165, 1.54) is 18.4 Å². The van der Waals surface area contributed by atoms with Crippen molar-refractivity contribution in [3.05, 3.63) is 23.3 Å². The molecule has 29 heavy (non-hydrogen) atoms. The highest BCUT2D eigenvalue weighted by molar-refractivity contribution is 5.74. The number of aliphatic hydroxyl groups is 1. The Bertz CT molecular complexity index is 899. The van der Waals surface area contributed by atoms with Gasteiger partial charge in [-0.05, 0) is 62.6 Å². The Morgan fingerprint density at radius 1 is 1.31 bits per heavy atom. The second kappa shape index (κ2) is 5.67. The third kappa shape index (κ3) is 2.12. The van der Waals surface area contributed by atoms with Gasteiger partial charge in [0.2, 0.25) is 5.91 Å². The summed E-state index contributed by atoms with van der Waals surface area (Å²) in [6, 6.07) is 3.74. The number of carbonyl (C=O) groups excluding carboxylic acids is 1. The molecule has 6 rings (SSSR count). The third-order valence-electron chi connectivity index (χ3n) is 8.73. The van der Waals surface area contributed by atoms with Crippen LogP contribution in [0, 0.1) is 5.92 Å². The number of carbonyl (C=O) groups is 1. The van der Waals surface area contributed by atoms with Crippen molar-refractivity contribution in [3.63, 3.8) is 0 Å². The highest BCUT2D eigenvalue weighted by atomic mass is 16.5. The molecule has 2 bridgehead atoms. The Morgan fingerprint density at radius 3 is 2.83 bits per heavy atom. The van der Waals surface area contributed by atoms with Gasteiger partial charge in [-0.3, -0.25) is 9.69 Å². The van der Waals surface area contributed by atoms with Gasteiger partial charge in [-0.1, -0.05) is 6.07 Å². The normalized spacial score (nSPS) is 39.6. The van der Waals surface area contributed by atoms with E-state index in [1.54, 1.807) is 17.9 Å². The van der Waals surface area contributed by atoms with E-state index in [9.17, 15) is 15.0 Å². The monoisotopic (exact) mass is 398 g/mol. The number of hydrogen-bond acceptors (Lipinski definition) is 5. The lowest BCUT2D eigenvalue weighted by Crippen LogP contribution is -2.78. The molecule has 1 aromatic rings. The van der Waals surface area contributed by atoms with Gasteiger partial charge >= 0.3 is 0 Å². The largest absolute Gasteiger partial charge is 0.504 e. The van der Waals surface area contributed by atoms with Gasteiger partial charge in [0, 0.05) is 32.1 Å². The molecule has 6 nitrogen and oxygen atoms in total. The fourth-order valence-corrected chi connectivity index (χ4v) is 7.09. The van der Waals surface area contributed by atoms with Crippen LogP contribution in [0.25, 0.3) is 0 Å². The molecular weight excluding hydrogens is 368 g/mol. The number of rotatable bonds is 3. The molecule has 2 N–H and O–H groups in total. The molecule has 0 radical (unpaired) electrons. The Hall–Kier alpha value is -1.79. The molecular formula is C23H30N2O4. The predicted molar refractivity (Wildman–Crippen MR) is 107 cm³/mol. The first-order chi connectivity index (χ1) is 13.9. The van der Waals surface area contributed by atoms with Crippen molar-refractivity contribution in [2.45, 2.75) is 74.7 Å². The van der Waals surface area contributed by atoms with Gasteiger partial charge in [0.05, 0.1) is 17.1 Å². The summed E-state index contributed by atoms with van der Waals surface area (Å²) in [6.45, 7) is 3.60. The maximum absolute atomic E-state index is 12.3. The van der Waals surface area contributed by atoms with Crippen molar-refractivity contribution in [2.24, 2.45) is 5.92 Å². The lowest BCUT2D eigenvalue weighted by molar-refractivity contribution is -0.200. The van der Waals surface area contributed by atoms with Gasteiger partial charge in [-0.15, -0.1) is 0 Å². The molecule has 156 valence electrons. The average molecular weight is 399 g/mol. The molecule has 1 spiro atoms. The molecule has 2 unspecified atom stereocenters. The van der Waals surface area contributed by atoms with E-state index < -0.39 is 11.0 Å². The number of ether oxygens (including phenoxy) is 1. The lowest BCUT2D eigenvalue weighted by Gasteiger charge is -2.64. The summed E-state index contributed by atoms with van der Waals surface area (Å²) in [5.41, 5.74) is 0.785. The van der Waals surface area contributed by atoms with Crippen molar-refractivity contribution in [2.75, 3.05) is 20.1 Å². The summed E-state index contributed by atoms with van der Waals surface area (Å²) in [5, 5.41) is 22.9. The fourth-order valence-electron chi connectivity index (χ4n) is 7.09. The number of piperidine rings is 1. The molecule has 0 aromatic heterocycles. The third-order valence-corrected chi connectivity index (χ3v) is 8.73. The number of aromatic hydroxyl groups is 1. The number of likely N-dealkylation sites (N-methyl/N-ethyl adjacent to an activating group) is 1. The van der Waals surface area contributed by atoms with Crippen LogP contribution in [-0.4, -0.2) is 69.8 Å². The summed E-state index contributed by atoms with van der Waals surface area (Å²) in [4.78, 5) is 16.5. The lowest BCUT2D eigenvalue weighted by atomic mass is 9.48. The van der Waals surface area contributed by atoms with E-state index in [-0.39, 0.29) is 29.8 Å². The molecule has 1 saturated heterocycles. The number of phenolic OH excluding ortho intramolecular Hbond substituents is 1. The van der Waals surface area contributed by atoms with Crippen LogP contribution in [0.2, 0.25) is 0 Å². The van der Waals surface area contributed by atoms with Gasteiger partial charge in [-0.25, -0.2) is 0 Å². The van der Waals surface area contributed by atoms with Crippen molar-refractivity contribution in [1.82, 2.24) is 9.80 Å². The van der Waals surface area contributed by atoms with E-state index in [2.05, 4.69) is 4.90 Å². The minimum Gasteiger partial charge on any atom is -0.504 e. The van der Waals surface area contributed by atoms with Crippen LogP contribution in [0.1, 0.15) is 50.2 Å². The second-order valence-electron chi connectivity index (χ2n) is 10.0. The van der Waals surface area contributed by atoms with E-state index in [4.69, 9.17) is 4.74 Å². The van der Waals surface area contributed by atoms with E-state index in [0.717, 1.165) is 43.8 Å². The number of nitrogens with zero attached hydrogens (tertiary/aromatic N) is 2. The van der Waals surface area contributed by atoms with Gasteiger partial charge in [0.25, 0.3) is 0 Å². The van der Waals surface area contributed by atoms with Crippen LogP contribution in [-0.2, 0) is 16.6 Å². The average Bonchev–Trinajstić information content (AvgIpc) is 3.42. The van der Waals surface area contributed by atoms with E-state index in [1.807, 2.05) is 13.1 Å². The number of likely N-dealkylation sites (tertiary alicyclic amines) is 1. The molecule has 3 aliphatic carbocycles. The van der Waals surface area contributed by atoms with E-state index in [0.29, 0.717) is 12.2 Å². The SMILES string of the molecule is CC(=O)N(C)C1CC[C@@]2(O)[C@H]3Cc4ccc(O)c5c4[C@@]2(CCN3CC2CC2)C1O5. The fraction of sp³-hybridized carbons (Fsp3) is 0.696. The molecule has 1 aromatic carbocycles. The molecule has 6 heteroatoms. The Balaban J connectivity index is 1.52. The molecule has 3 fully saturated rings. The number of phenols is 1. The number of hydrogen-bond donors (Lipinski definition) is 2. The summed E-state index contributed by atoms with van der Waals surface area (Å²) >= 11 is 0. The highest BCUT2D eigenvalue weighted by Crippen LogP contribution is 2.65. The summed E-state index contributed by atoms with van der Waals surface area (Å²) in [7, 11) is 1.84. The quantitative estimate of drug-likeness (QED) is 0.812. The minimum atomic E-state index is -0.884. The molecule has 5 atom stereocenters. The zero-order valence-corrected chi connectivity index (χ0v) is 17.2. The van der Waals surface area contributed by atoms with Crippen molar-refractivity contribution < 1.29 is 19.7 Å². The summed E-state index contributed by atoms with van der Waals surface area (Å²) in [6.07, 6.45) is 5.28. The van der Waals surface area contributed by atoms with Crippen LogP contribution in [0.15, 0.2) is 12.1 Å². The van der Waals surface area contributed by atoms with Gasteiger partial charge < -0.3 is 19.8 Å². The molecule has 2 aliphatic heterocycles. The smallest absolute Gasteiger partial charge is 0.219 e. The maximum Gasteiger partial charge on any atom is 0.219 e. The Kier molecular flexibility index (Phi) is 3.52. The van der Waals surface area contributed by atoms with Crippen LogP contribution in [0.4, 0.5) is 0 Å². The number of amides is 1. The van der Waals surface area contributed by atoms with Gasteiger partial charge in [0.15, 0.2) is 11.5 Å². The van der Waals surface area contributed by atoms with E-state index >= 15 is 0 Å². The number of benzene rings is 1. The van der Waals surface area contributed by atoms with Crippen LogP contribution in [0.5, 0.6) is 11.5 Å². The molecule has 5 aliphatic rings. The first-order valence-electron chi connectivity index (χ1n) is 11.1. The zero-order chi connectivity index (χ0) is 20.1. The van der Waals surface area contributed by atoms with Crippen LogP contribution >= 0.6 is 0 Å². The van der Waals surface area contributed by atoms with Crippen molar-refractivity contribution in [1.29, 1.82) is 0 Å². The van der Waals surface area contributed by atoms with Crippen molar-refractivity contribution in [3.8, 4) is 11.5 Å². The topological polar surface area (TPSA) is 73.2 Å². The standard InChI is InChI=1S/C23H30N2O4/c1-13(26)24(2)16-7-8-23(28)18-11-15-5-6-17(27)20-19(15)22(23,21(16)29-20)9-10-25(18)12-14-3-4-14/h5-6,14,16,18,21,27-28H,3-4,7-12H2,1-2H3/t16?,18-,21?,22+,23-/m1/s1. The summed E-state index contributed by atoms with van der Waals surface area (Å²) < 4.78 is 6.46. The first-order valence-corrected chi connectivity index (χ1v) is 11.1. The van der Waals surface area contributed by atoms with Crippen LogP contribution < -0.4 is 4.74 Å². The van der Waals surface area contributed by atoms with Crippen molar-refractivity contribution >= 4 is 5.91 Å². The van der Waals surface area contributed by atoms with Crippen LogP contribution in [0.3, 0.4) is 0 Å². The summed E-state index contributed by atoms with van der Waals surface area (Å²) in [5.74, 6) is 1.49. The minimum absolute atomic E-state index is 0.0133. The highest BCUT2D eigenvalue weighted by Gasteiger charge is 2.73. The Morgan fingerprint density at radius 2 is 2.10 bits per heavy atom. The first kappa shape index (κ1) is 18.0. The van der Waals surface area contributed by atoms with Gasteiger partial charge in [-0.2, -0.15) is 0 Å². The molecule has 2 heterocycles. The predicted octanol–water partition coefficient (Wildman–Crippen LogP) is 1.80. The Labute approximate surface area is 171 Å². The zero-order valence-electron chi connectivity index (χ0n) is 17.2. The molecule has 2 saturated carbocycles.